The van der Waals surface area contributed by atoms with E-state index in [2.05, 4.69) is 15.3 Å². The van der Waals surface area contributed by atoms with E-state index < -0.39 is 0 Å². The van der Waals surface area contributed by atoms with Crippen LogP contribution >= 0.6 is 0 Å². The molecule has 0 atom stereocenters. The van der Waals surface area contributed by atoms with Gasteiger partial charge in [-0.05, 0) is 36.4 Å². The van der Waals surface area contributed by atoms with Crippen LogP contribution in [0.3, 0.4) is 0 Å². The van der Waals surface area contributed by atoms with Crippen molar-refractivity contribution < 1.29 is 8.83 Å². The van der Waals surface area contributed by atoms with E-state index in [9.17, 15) is 4.79 Å². The maximum absolute atomic E-state index is 12.8. The van der Waals surface area contributed by atoms with Crippen molar-refractivity contribution in [3.8, 4) is 0 Å². The summed E-state index contributed by atoms with van der Waals surface area (Å²) in [6.45, 7) is 0.767. The fourth-order valence-electron chi connectivity index (χ4n) is 2.57. The molecule has 7 heteroatoms. The van der Waals surface area contributed by atoms with E-state index in [1.54, 1.807) is 36.9 Å². The summed E-state index contributed by atoms with van der Waals surface area (Å²) in [4.78, 5) is 21.7. The standard InChI is InChI=1S/C19H16N4O3/c24-19-16(13-20-11-14-5-3-9-25-14)18(21-12-15-6-4-10-26-15)22-17-7-1-2-8-23(17)19/h1-10,13,21H,11-12H2. The smallest absolute Gasteiger partial charge is 0.268 e. The van der Waals surface area contributed by atoms with Gasteiger partial charge in [0.1, 0.15) is 28.5 Å². The van der Waals surface area contributed by atoms with Crippen molar-refractivity contribution in [3.05, 3.63) is 88.6 Å². The van der Waals surface area contributed by atoms with Crippen LogP contribution in [0.4, 0.5) is 5.82 Å². The van der Waals surface area contributed by atoms with Crippen LogP contribution in [0.2, 0.25) is 0 Å². The van der Waals surface area contributed by atoms with Gasteiger partial charge in [0, 0.05) is 12.4 Å². The molecule has 0 saturated heterocycles. The third-order valence-electron chi connectivity index (χ3n) is 3.83. The zero-order valence-electron chi connectivity index (χ0n) is 13.8. The molecular weight excluding hydrogens is 332 g/mol. The van der Waals surface area contributed by atoms with E-state index in [0.717, 1.165) is 11.5 Å². The van der Waals surface area contributed by atoms with Crippen molar-refractivity contribution >= 4 is 17.7 Å². The number of rotatable bonds is 6. The van der Waals surface area contributed by atoms with Gasteiger partial charge in [-0.3, -0.25) is 14.2 Å². The first-order chi connectivity index (χ1) is 12.8. The lowest BCUT2D eigenvalue weighted by molar-refractivity contribution is 0.513. The molecule has 0 aliphatic carbocycles. The first-order valence-electron chi connectivity index (χ1n) is 8.11. The second kappa shape index (κ2) is 7.10. The Balaban J connectivity index is 1.69. The van der Waals surface area contributed by atoms with Gasteiger partial charge in [-0.2, -0.15) is 0 Å². The van der Waals surface area contributed by atoms with E-state index in [1.165, 1.54) is 10.6 Å². The molecule has 1 N–H and O–H groups in total. The zero-order chi connectivity index (χ0) is 17.8. The summed E-state index contributed by atoms with van der Waals surface area (Å²) in [5.41, 5.74) is 0.746. The normalized spacial score (nSPS) is 11.4. The highest BCUT2D eigenvalue weighted by molar-refractivity contribution is 5.86. The Morgan fingerprint density at radius 2 is 1.88 bits per heavy atom. The summed E-state index contributed by atoms with van der Waals surface area (Å²) in [5.74, 6) is 1.93. The Kier molecular flexibility index (Phi) is 4.34. The number of aliphatic imine (C=N–C) groups is 1. The van der Waals surface area contributed by atoms with Crippen LogP contribution in [0.1, 0.15) is 17.1 Å². The Labute approximate surface area is 148 Å². The summed E-state index contributed by atoms with van der Waals surface area (Å²) in [6, 6.07) is 12.7. The topological polar surface area (TPSA) is 85.0 Å². The molecule has 4 aromatic heterocycles. The van der Waals surface area contributed by atoms with Crippen molar-refractivity contribution in [2.45, 2.75) is 13.1 Å². The van der Waals surface area contributed by atoms with E-state index in [4.69, 9.17) is 8.83 Å². The molecule has 0 unspecified atom stereocenters. The molecule has 4 aromatic rings. The van der Waals surface area contributed by atoms with Crippen LogP contribution in [0.25, 0.3) is 5.65 Å². The highest BCUT2D eigenvalue weighted by atomic mass is 16.3. The molecule has 0 bridgehead atoms. The van der Waals surface area contributed by atoms with Gasteiger partial charge in [-0.15, -0.1) is 0 Å². The predicted octanol–water partition coefficient (Wildman–Crippen LogP) is 3.11. The van der Waals surface area contributed by atoms with E-state index in [0.29, 0.717) is 30.1 Å². The quantitative estimate of drug-likeness (QED) is 0.541. The van der Waals surface area contributed by atoms with Crippen LogP contribution in [-0.2, 0) is 13.1 Å². The van der Waals surface area contributed by atoms with Crippen LogP contribution in [0.5, 0.6) is 0 Å². The Bertz CT molecular complexity index is 1080. The maximum atomic E-state index is 12.8. The van der Waals surface area contributed by atoms with Crippen molar-refractivity contribution in [2.75, 3.05) is 5.32 Å². The van der Waals surface area contributed by atoms with Crippen LogP contribution in [0, 0.1) is 0 Å². The first kappa shape index (κ1) is 15.9. The van der Waals surface area contributed by atoms with Gasteiger partial charge in [-0.1, -0.05) is 6.07 Å². The molecular formula is C19H16N4O3. The lowest BCUT2D eigenvalue weighted by Crippen LogP contribution is -2.22. The monoisotopic (exact) mass is 348 g/mol. The van der Waals surface area contributed by atoms with E-state index in [1.807, 2.05) is 24.3 Å². The third-order valence-corrected chi connectivity index (χ3v) is 3.83. The van der Waals surface area contributed by atoms with Crippen LogP contribution in [-0.4, -0.2) is 15.6 Å². The first-order valence-corrected chi connectivity index (χ1v) is 8.11. The summed E-state index contributed by atoms with van der Waals surface area (Å²) in [5, 5.41) is 3.16. The fourth-order valence-corrected chi connectivity index (χ4v) is 2.57. The van der Waals surface area contributed by atoms with Crippen molar-refractivity contribution in [2.24, 2.45) is 4.99 Å². The Morgan fingerprint density at radius 3 is 2.65 bits per heavy atom. The highest BCUT2D eigenvalue weighted by Crippen LogP contribution is 2.12. The van der Waals surface area contributed by atoms with Gasteiger partial charge in [0.15, 0.2) is 0 Å². The number of anilines is 1. The molecule has 7 nitrogen and oxygen atoms in total. The second-order valence-electron chi connectivity index (χ2n) is 5.59. The average Bonchev–Trinajstić information content (AvgIpc) is 3.36. The van der Waals surface area contributed by atoms with Crippen molar-refractivity contribution in [1.82, 2.24) is 9.38 Å². The second-order valence-corrected chi connectivity index (χ2v) is 5.59. The van der Waals surface area contributed by atoms with Crippen molar-refractivity contribution in [1.29, 1.82) is 0 Å². The molecule has 130 valence electrons. The largest absolute Gasteiger partial charge is 0.467 e. The maximum Gasteiger partial charge on any atom is 0.268 e. The lowest BCUT2D eigenvalue weighted by atomic mass is 10.3. The lowest BCUT2D eigenvalue weighted by Gasteiger charge is -2.09. The van der Waals surface area contributed by atoms with Gasteiger partial charge in [0.05, 0.1) is 25.6 Å². The molecule has 0 aliphatic heterocycles. The molecule has 0 saturated carbocycles. The summed E-state index contributed by atoms with van der Waals surface area (Å²) >= 11 is 0. The number of fused-ring (bicyclic) bond motifs is 1. The molecule has 0 aliphatic rings. The zero-order valence-corrected chi connectivity index (χ0v) is 13.8. The summed E-state index contributed by atoms with van der Waals surface area (Å²) in [6.07, 6.45) is 6.41. The number of nitrogens with one attached hydrogen (secondary N) is 1. The molecule has 0 spiro atoms. The number of hydrogen-bond acceptors (Lipinski definition) is 6. The summed E-state index contributed by atoms with van der Waals surface area (Å²) in [7, 11) is 0. The van der Waals surface area contributed by atoms with Gasteiger partial charge < -0.3 is 14.2 Å². The third kappa shape index (κ3) is 3.27. The molecule has 4 rings (SSSR count). The minimum Gasteiger partial charge on any atom is -0.467 e. The number of pyridine rings is 1. The molecule has 0 amide bonds. The molecule has 4 heterocycles. The number of furan rings is 2. The summed E-state index contributed by atoms with van der Waals surface area (Å²) < 4.78 is 12.1. The van der Waals surface area contributed by atoms with Crippen LogP contribution < -0.4 is 10.9 Å². The van der Waals surface area contributed by atoms with Crippen LogP contribution in [0.15, 0.2) is 79.8 Å². The molecule has 0 radical (unpaired) electrons. The van der Waals surface area contributed by atoms with Gasteiger partial charge in [-0.25, -0.2) is 4.98 Å². The number of aromatic nitrogens is 2. The van der Waals surface area contributed by atoms with Gasteiger partial charge >= 0.3 is 0 Å². The predicted molar refractivity (Wildman–Crippen MR) is 97.5 cm³/mol. The number of nitrogens with zero attached hydrogens (tertiary/aromatic N) is 3. The van der Waals surface area contributed by atoms with Gasteiger partial charge in [0.25, 0.3) is 5.56 Å². The van der Waals surface area contributed by atoms with E-state index >= 15 is 0 Å². The Morgan fingerprint density at radius 1 is 1.08 bits per heavy atom. The van der Waals surface area contributed by atoms with E-state index in [-0.39, 0.29) is 5.56 Å². The molecule has 26 heavy (non-hydrogen) atoms. The number of hydrogen-bond donors (Lipinski definition) is 1. The van der Waals surface area contributed by atoms with Crippen molar-refractivity contribution in [3.63, 3.8) is 0 Å². The minimum atomic E-state index is -0.194. The highest BCUT2D eigenvalue weighted by Gasteiger charge is 2.11. The average molecular weight is 348 g/mol. The van der Waals surface area contributed by atoms with Gasteiger partial charge in [0.2, 0.25) is 0 Å². The minimum absolute atomic E-state index is 0.194. The molecule has 0 aromatic carbocycles. The SMILES string of the molecule is O=c1c(C=NCc2ccco2)c(NCc2ccco2)nc2ccccn12. The molecule has 0 fully saturated rings. The fraction of sp³-hybridized carbons (Fsp3) is 0.105. The Hall–Kier alpha value is -3.61.